The van der Waals surface area contributed by atoms with Crippen molar-refractivity contribution in [1.29, 1.82) is 0 Å². The molecule has 1 aromatic rings. The molecule has 0 atom stereocenters. The van der Waals surface area contributed by atoms with Crippen molar-refractivity contribution in [1.82, 2.24) is 9.80 Å². The van der Waals surface area contributed by atoms with Crippen LogP contribution in [0.4, 0.5) is 0 Å². The Morgan fingerprint density at radius 1 is 1.11 bits per heavy atom. The van der Waals surface area contributed by atoms with Crippen molar-refractivity contribution < 1.29 is 9.90 Å². The Morgan fingerprint density at radius 2 is 1.74 bits per heavy atom. The smallest absolute Gasteiger partial charge is 0.307 e. The van der Waals surface area contributed by atoms with Crippen molar-refractivity contribution in [2.75, 3.05) is 34.2 Å². The van der Waals surface area contributed by atoms with E-state index in [0.717, 1.165) is 37.2 Å². The number of aliphatic carboxylic acids is 1. The van der Waals surface area contributed by atoms with Crippen molar-refractivity contribution in [2.24, 2.45) is 0 Å². The maximum atomic E-state index is 10.8. The summed E-state index contributed by atoms with van der Waals surface area (Å²) >= 11 is 0. The Balaban J connectivity index is 2.53. The van der Waals surface area contributed by atoms with E-state index in [-0.39, 0.29) is 6.42 Å². The van der Waals surface area contributed by atoms with Gasteiger partial charge in [-0.2, -0.15) is 0 Å². The van der Waals surface area contributed by atoms with E-state index in [4.69, 9.17) is 5.11 Å². The highest BCUT2D eigenvalue weighted by Gasteiger charge is 2.08. The van der Waals surface area contributed by atoms with Gasteiger partial charge in [-0.25, -0.2) is 0 Å². The van der Waals surface area contributed by atoms with Gasteiger partial charge in [-0.3, -0.25) is 4.79 Å². The van der Waals surface area contributed by atoms with Gasteiger partial charge >= 0.3 is 5.97 Å². The van der Waals surface area contributed by atoms with E-state index < -0.39 is 5.97 Å². The molecule has 0 aliphatic carbocycles. The van der Waals surface area contributed by atoms with Gasteiger partial charge in [0.15, 0.2) is 0 Å². The van der Waals surface area contributed by atoms with E-state index in [1.54, 1.807) is 0 Å². The van der Waals surface area contributed by atoms with E-state index in [0.29, 0.717) is 0 Å². The molecule has 0 aliphatic rings. The molecule has 0 aliphatic heterocycles. The first-order chi connectivity index (χ1) is 8.99. The number of hydrogen-bond donors (Lipinski definition) is 1. The molecular weight excluding hydrogens is 240 g/mol. The SMILES string of the molecule is CN(C)CCCN(C)Cc1ccccc1CC(=O)O. The molecule has 4 nitrogen and oxygen atoms in total. The van der Waals surface area contributed by atoms with E-state index in [9.17, 15) is 4.79 Å². The number of carbonyl (C=O) groups is 1. The zero-order valence-corrected chi connectivity index (χ0v) is 12.1. The van der Waals surface area contributed by atoms with Gasteiger partial charge in [0.1, 0.15) is 0 Å². The van der Waals surface area contributed by atoms with Crippen molar-refractivity contribution in [3.63, 3.8) is 0 Å². The van der Waals surface area contributed by atoms with Gasteiger partial charge in [0.25, 0.3) is 0 Å². The van der Waals surface area contributed by atoms with E-state index >= 15 is 0 Å². The fourth-order valence-corrected chi connectivity index (χ4v) is 2.07. The van der Waals surface area contributed by atoms with Crippen LogP contribution in [0.1, 0.15) is 17.5 Å². The van der Waals surface area contributed by atoms with Gasteiger partial charge in [-0.15, -0.1) is 0 Å². The third kappa shape index (κ3) is 6.36. The van der Waals surface area contributed by atoms with Crippen LogP contribution in [0, 0.1) is 0 Å². The van der Waals surface area contributed by atoms with Gasteiger partial charge in [0.2, 0.25) is 0 Å². The predicted octanol–water partition coefficient (Wildman–Crippen LogP) is 1.70. The lowest BCUT2D eigenvalue weighted by Gasteiger charge is -2.19. The standard InChI is InChI=1S/C15H24N2O2/c1-16(2)9-6-10-17(3)12-14-8-5-4-7-13(14)11-15(18)19/h4-5,7-8H,6,9-12H2,1-3H3,(H,18,19). The Labute approximate surface area is 115 Å². The fourth-order valence-electron chi connectivity index (χ4n) is 2.07. The molecule has 0 aromatic heterocycles. The number of carboxylic acids is 1. The first kappa shape index (κ1) is 15.7. The second-order valence-electron chi connectivity index (χ2n) is 5.23. The molecule has 0 bridgehead atoms. The average Bonchev–Trinajstić information content (AvgIpc) is 2.30. The first-order valence-corrected chi connectivity index (χ1v) is 6.61. The Bertz CT molecular complexity index is 405. The zero-order chi connectivity index (χ0) is 14.3. The quantitative estimate of drug-likeness (QED) is 0.776. The lowest BCUT2D eigenvalue weighted by atomic mass is 10.0. The summed E-state index contributed by atoms with van der Waals surface area (Å²) in [4.78, 5) is 15.2. The molecule has 106 valence electrons. The second kappa shape index (κ2) is 7.92. The van der Waals surface area contributed by atoms with Crippen LogP contribution in [0.15, 0.2) is 24.3 Å². The third-order valence-electron chi connectivity index (χ3n) is 3.05. The number of rotatable bonds is 8. The normalized spacial score (nSPS) is 11.2. The Morgan fingerprint density at radius 3 is 2.32 bits per heavy atom. The van der Waals surface area contributed by atoms with Crippen molar-refractivity contribution in [2.45, 2.75) is 19.4 Å². The average molecular weight is 264 g/mol. The van der Waals surface area contributed by atoms with Crippen LogP contribution in [0.25, 0.3) is 0 Å². The molecule has 1 N–H and O–H groups in total. The molecule has 0 radical (unpaired) electrons. The molecule has 0 unspecified atom stereocenters. The summed E-state index contributed by atoms with van der Waals surface area (Å²) in [6.07, 6.45) is 1.21. The highest BCUT2D eigenvalue weighted by molar-refractivity contribution is 5.70. The van der Waals surface area contributed by atoms with Crippen LogP contribution < -0.4 is 0 Å². The number of nitrogens with zero attached hydrogens (tertiary/aromatic N) is 2. The molecule has 0 saturated carbocycles. The number of hydrogen-bond acceptors (Lipinski definition) is 3. The molecule has 0 fully saturated rings. The molecule has 0 spiro atoms. The minimum absolute atomic E-state index is 0.0989. The van der Waals surface area contributed by atoms with Gasteiger partial charge in [0.05, 0.1) is 6.42 Å². The summed E-state index contributed by atoms with van der Waals surface area (Å²) in [6.45, 7) is 2.89. The largest absolute Gasteiger partial charge is 0.481 e. The van der Waals surface area contributed by atoms with Crippen LogP contribution in [-0.4, -0.2) is 55.1 Å². The first-order valence-electron chi connectivity index (χ1n) is 6.61. The predicted molar refractivity (Wildman–Crippen MR) is 77.3 cm³/mol. The monoisotopic (exact) mass is 264 g/mol. The summed E-state index contributed by atoms with van der Waals surface area (Å²) < 4.78 is 0. The Kier molecular flexibility index (Phi) is 6.53. The Hall–Kier alpha value is -1.39. The molecule has 1 rings (SSSR count). The molecule has 19 heavy (non-hydrogen) atoms. The van der Waals surface area contributed by atoms with E-state index in [1.165, 1.54) is 0 Å². The van der Waals surface area contributed by atoms with Gasteiger partial charge < -0.3 is 14.9 Å². The molecular formula is C15H24N2O2. The van der Waals surface area contributed by atoms with Crippen LogP contribution in [0.3, 0.4) is 0 Å². The van der Waals surface area contributed by atoms with Crippen LogP contribution in [0.2, 0.25) is 0 Å². The van der Waals surface area contributed by atoms with Gasteiger partial charge in [0, 0.05) is 6.54 Å². The second-order valence-corrected chi connectivity index (χ2v) is 5.23. The lowest BCUT2D eigenvalue weighted by Crippen LogP contribution is -2.24. The minimum atomic E-state index is -0.775. The molecule has 0 saturated heterocycles. The molecule has 0 amide bonds. The van der Waals surface area contributed by atoms with Gasteiger partial charge in [-0.05, 0) is 51.8 Å². The van der Waals surface area contributed by atoms with Crippen molar-refractivity contribution >= 4 is 5.97 Å². The maximum Gasteiger partial charge on any atom is 0.307 e. The molecule has 1 aromatic carbocycles. The summed E-state index contributed by atoms with van der Waals surface area (Å²) in [7, 11) is 6.22. The topological polar surface area (TPSA) is 43.8 Å². The maximum absolute atomic E-state index is 10.8. The summed E-state index contributed by atoms with van der Waals surface area (Å²) in [5, 5.41) is 8.91. The lowest BCUT2D eigenvalue weighted by molar-refractivity contribution is -0.136. The molecule has 0 heterocycles. The highest BCUT2D eigenvalue weighted by atomic mass is 16.4. The third-order valence-corrected chi connectivity index (χ3v) is 3.05. The van der Waals surface area contributed by atoms with Crippen LogP contribution >= 0.6 is 0 Å². The van der Waals surface area contributed by atoms with Crippen LogP contribution in [0.5, 0.6) is 0 Å². The minimum Gasteiger partial charge on any atom is -0.481 e. The van der Waals surface area contributed by atoms with Crippen molar-refractivity contribution in [3.05, 3.63) is 35.4 Å². The number of carboxylic acid groups (broad SMARTS) is 1. The van der Waals surface area contributed by atoms with Gasteiger partial charge in [-0.1, -0.05) is 24.3 Å². The summed E-state index contributed by atoms with van der Waals surface area (Å²) in [6, 6.07) is 7.78. The van der Waals surface area contributed by atoms with E-state index in [1.807, 2.05) is 24.3 Å². The number of benzene rings is 1. The summed E-state index contributed by atoms with van der Waals surface area (Å²) in [5.41, 5.74) is 2.02. The van der Waals surface area contributed by atoms with Crippen LogP contribution in [-0.2, 0) is 17.8 Å². The zero-order valence-electron chi connectivity index (χ0n) is 12.1. The van der Waals surface area contributed by atoms with Crippen molar-refractivity contribution in [3.8, 4) is 0 Å². The van der Waals surface area contributed by atoms with E-state index in [2.05, 4.69) is 30.9 Å². The highest BCUT2D eigenvalue weighted by Crippen LogP contribution is 2.12. The summed E-state index contributed by atoms with van der Waals surface area (Å²) in [5.74, 6) is -0.775. The molecule has 4 heteroatoms. The fraction of sp³-hybridized carbons (Fsp3) is 0.533.